The number of para-hydroxylation sites is 1. The highest BCUT2D eigenvalue weighted by molar-refractivity contribution is 6.04. The number of hydrogen-bond acceptors (Lipinski definition) is 3. The Kier molecular flexibility index (Phi) is 3.24. The van der Waals surface area contributed by atoms with Crippen LogP contribution in [0.3, 0.4) is 0 Å². The Morgan fingerprint density at radius 3 is 2.56 bits per heavy atom. The van der Waals surface area contributed by atoms with Crippen molar-refractivity contribution in [2.75, 3.05) is 0 Å². The Morgan fingerprint density at radius 2 is 1.94 bits per heavy atom. The predicted molar refractivity (Wildman–Crippen MR) is 72.8 cm³/mol. The average molecular weight is 243 g/mol. The maximum absolute atomic E-state index is 11.7. The molecule has 0 aliphatic rings. The fourth-order valence-electron chi connectivity index (χ4n) is 2.24. The summed E-state index contributed by atoms with van der Waals surface area (Å²) in [6.07, 6.45) is 1.62. The van der Waals surface area contributed by atoms with Gasteiger partial charge in [0.2, 0.25) is 0 Å². The van der Waals surface area contributed by atoms with Crippen LogP contribution in [0.25, 0.3) is 16.7 Å². The van der Waals surface area contributed by atoms with Gasteiger partial charge in [0.25, 0.3) is 0 Å². The highest BCUT2D eigenvalue weighted by Gasteiger charge is 2.17. The molecule has 2 N–H and O–H groups in total. The summed E-state index contributed by atoms with van der Waals surface area (Å²) < 4.78 is 5.45. The van der Waals surface area contributed by atoms with E-state index in [2.05, 4.69) is 0 Å². The molecule has 0 radical (unpaired) electrons. The van der Waals surface area contributed by atoms with Crippen LogP contribution in [0.2, 0.25) is 0 Å². The first-order valence-corrected chi connectivity index (χ1v) is 5.99. The topological polar surface area (TPSA) is 56.2 Å². The molecule has 3 heteroatoms. The van der Waals surface area contributed by atoms with Crippen molar-refractivity contribution in [1.82, 2.24) is 0 Å². The summed E-state index contributed by atoms with van der Waals surface area (Å²) in [7, 11) is 0. The zero-order chi connectivity index (χ0) is 13.3. The maximum Gasteiger partial charge on any atom is 0.158 e. The SMILES string of the molecule is CC(=O)/C(=C(\N)c1coc2ccccc12)C(C)C. The number of allylic oxidation sites excluding steroid dienone is 1. The van der Waals surface area contributed by atoms with Gasteiger partial charge in [-0.15, -0.1) is 0 Å². The lowest BCUT2D eigenvalue weighted by Crippen LogP contribution is -2.12. The Balaban J connectivity index is 2.66. The van der Waals surface area contributed by atoms with Crippen molar-refractivity contribution in [3.05, 3.63) is 41.7 Å². The molecule has 1 aromatic carbocycles. The van der Waals surface area contributed by atoms with Crippen molar-refractivity contribution < 1.29 is 9.21 Å². The van der Waals surface area contributed by atoms with Crippen molar-refractivity contribution in [2.45, 2.75) is 20.8 Å². The van der Waals surface area contributed by atoms with E-state index in [0.29, 0.717) is 11.3 Å². The fraction of sp³-hybridized carbons (Fsp3) is 0.267. The number of carbonyl (C=O) groups excluding carboxylic acids is 1. The number of rotatable bonds is 3. The van der Waals surface area contributed by atoms with Crippen LogP contribution in [0, 0.1) is 5.92 Å². The highest BCUT2D eigenvalue weighted by Crippen LogP contribution is 2.28. The molecule has 18 heavy (non-hydrogen) atoms. The molecule has 2 rings (SSSR count). The third-order valence-electron chi connectivity index (χ3n) is 3.02. The van der Waals surface area contributed by atoms with Crippen LogP contribution in [-0.4, -0.2) is 5.78 Å². The van der Waals surface area contributed by atoms with E-state index in [1.165, 1.54) is 0 Å². The number of benzene rings is 1. The molecule has 0 amide bonds. The van der Waals surface area contributed by atoms with Crippen molar-refractivity contribution in [2.24, 2.45) is 11.7 Å². The number of fused-ring (bicyclic) bond motifs is 1. The second-order valence-corrected chi connectivity index (χ2v) is 4.68. The van der Waals surface area contributed by atoms with Crippen molar-refractivity contribution in [3.8, 4) is 0 Å². The molecule has 2 aromatic rings. The monoisotopic (exact) mass is 243 g/mol. The van der Waals surface area contributed by atoms with E-state index >= 15 is 0 Å². The first-order chi connectivity index (χ1) is 8.52. The summed E-state index contributed by atoms with van der Waals surface area (Å²) in [6.45, 7) is 5.47. The summed E-state index contributed by atoms with van der Waals surface area (Å²) in [5.74, 6) is 0.101. The summed E-state index contributed by atoms with van der Waals surface area (Å²) in [5.41, 5.74) is 8.90. The predicted octanol–water partition coefficient (Wildman–Crippen LogP) is 3.35. The number of furan rings is 1. The van der Waals surface area contributed by atoms with Crippen LogP contribution in [0.4, 0.5) is 0 Å². The number of Topliss-reactive ketones (excluding diaryl/α,β-unsaturated/α-hetero) is 1. The molecule has 0 aliphatic heterocycles. The van der Waals surface area contributed by atoms with Gasteiger partial charge in [-0.25, -0.2) is 0 Å². The minimum absolute atomic E-state index is 0.00720. The Labute approximate surface area is 106 Å². The number of nitrogens with two attached hydrogens (primary N) is 1. The number of ketones is 1. The zero-order valence-corrected chi connectivity index (χ0v) is 10.9. The Bertz CT molecular complexity index is 620. The van der Waals surface area contributed by atoms with Crippen LogP contribution in [-0.2, 0) is 4.79 Å². The summed E-state index contributed by atoms with van der Waals surface area (Å²) in [4.78, 5) is 11.7. The molecule has 94 valence electrons. The second-order valence-electron chi connectivity index (χ2n) is 4.68. The minimum Gasteiger partial charge on any atom is -0.464 e. The average Bonchev–Trinajstić information content (AvgIpc) is 2.71. The summed E-state index contributed by atoms with van der Waals surface area (Å²) in [5, 5.41) is 0.939. The molecule has 0 unspecified atom stereocenters. The van der Waals surface area contributed by atoms with Crippen LogP contribution in [0.1, 0.15) is 26.3 Å². The smallest absolute Gasteiger partial charge is 0.158 e. The molecule has 0 spiro atoms. The number of carbonyl (C=O) groups is 1. The molecule has 0 aliphatic carbocycles. The van der Waals surface area contributed by atoms with Gasteiger partial charge < -0.3 is 10.2 Å². The lowest BCUT2D eigenvalue weighted by molar-refractivity contribution is -0.113. The van der Waals surface area contributed by atoms with Crippen LogP contribution in [0.15, 0.2) is 40.5 Å². The van der Waals surface area contributed by atoms with Crippen LogP contribution in [0.5, 0.6) is 0 Å². The van der Waals surface area contributed by atoms with Crippen LogP contribution >= 0.6 is 0 Å². The molecule has 1 aromatic heterocycles. The standard InChI is InChI=1S/C15H17NO2/c1-9(2)14(10(3)17)15(16)12-8-18-13-7-5-4-6-11(12)13/h4-9H,16H2,1-3H3/b15-14-. The van der Waals surface area contributed by atoms with Crippen molar-refractivity contribution >= 4 is 22.4 Å². The fourth-order valence-corrected chi connectivity index (χ4v) is 2.24. The first-order valence-electron chi connectivity index (χ1n) is 5.99. The van der Waals surface area contributed by atoms with Crippen molar-refractivity contribution in [3.63, 3.8) is 0 Å². The minimum atomic E-state index is 0.00720. The molecular formula is C15H17NO2. The van der Waals surface area contributed by atoms with Gasteiger partial charge in [-0.05, 0) is 18.9 Å². The van der Waals surface area contributed by atoms with Gasteiger partial charge in [0.05, 0.1) is 0 Å². The van der Waals surface area contributed by atoms with Gasteiger partial charge in [0, 0.05) is 22.2 Å². The third-order valence-corrected chi connectivity index (χ3v) is 3.02. The van der Waals surface area contributed by atoms with E-state index in [4.69, 9.17) is 10.2 Å². The quantitative estimate of drug-likeness (QED) is 0.841. The maximum atomic E-state index is 11.7. The first kappa shape index (κ1) is 12.4. The van der Waals surface area contributed by atoms with Gasteiger partial charge in [0.1, 0.15) is 11.8 Å². The largest absolute Gasteiger partial charge is 0.464 e. The van der Waals surface area contributed by atoms with E-state index in [-0.39, 0.29) is 11.7 Å². The third kappa shape index (κ3) is 2.04. The van der Waals surface area contributed by atoms with E-state index in [1.807, 2.05) is 38.1 Å². The molecule has 0 saturated carbocycles. The molecule has 0 saturated heterocycles. The summed E-state index contributed by atoms with van der Waals surface area (Å²) in [6, 6.07) is 7.66. The molecule has 1 heterocycles. The second kappa shape index (κ2) is 4.69. The van der Waals surface area contributed by atoms with E-state index < -0.39 is 0 Å². The molecule has 0 bridgehead atoms. The lowest BCUT2D eigenvalue weighted by atomic mass is 9.94. The normalized spacial score (nSPS) is 12.9. The molecular weight excluding hydrogens is 226 g/mol. The molecule has 3 nitrogen and oxygen atoms in total. The van der Waals surface area contributed by atoms with E-state index in [0.717, 1.165) is 16.5 Å². The van der Waals surface area contributed by atoms with Crippen molar-refractivity contribution in [1.29, 1.82) is 0 Å². The number of hydrogen-bond donors (Lipinski definition) is 1. The Hall–Kier alpha value is -2.03. The van der Waals surface area contributed by atoms with Gasteiger partial charge in [-0.3, -0.25) is 4.79 Å². The molecule has 0 fully saturated rings. The highest BCUT2D eigenvalue weighted by atomic mass is 16.3. The van der Waals surface area contributed by atoms with E-state index in [1.54, 1.807) is 13.2 Å². The van der Waals surface area contributed by atoms with Gasteiger partial charge in [-0.1, -0.05) is 32.0 Å². The Morgan fingerprint density at radius 1 is 1.28 bits per heavy atom. The van der Waals surface area contributed by atoms with Gasteiger partial charge >= 0.3 is 0 Å². The van der Waals surface area contributed by atoms with Crippen LogP contribution < -0.4 is 5.73 Å². The lowest BCUT2D eigenvalue weighted by Gasteiger charge is -2.11. The zero-order valence-electron chi connectivity index (χ0n) is 10.9. The summed E-state index contributed by atoms with van der Waals surface area (Å²) >= 11 is 0. The van der Waals surface area contributed by atoms with E-state index in [9.17, 15) is 4.79 Å². The van der Waals surface area contributed by atoms with Gasteiger partial charge in [-0.2, -0.15) is 0 Å². The van der Waals surface area contributed by atoms with Gasteiger partial charge in [0.15, 0.2) is 5.78 Å². The molecule has 0 atom stereocenters.